The van der Waals surface area contributed by atoms with Gasteiger partial charge in [0, 0.05) is 6.54 Å². The monoisotopic (exact) mass is 181 g/mol. The molecular weight excluding hydrogens is 169 g/mol. The van der Waals surface area contributed by atoms with Crippen molar-refractivity contribution in [1.29, 1.82) is 0 Å². The quantitative estimate of drug-likeness (QED) is 0.499. The molecule has 0 aliphatic carbocycles. The Kier molecular flexibility index (Phi) is 3.96. The average molecular weight is 181 g/mol. The summed E-state index contributed by atoms with van der Waals surface area (Å²) < 4.78 is 12.1. The molecule has 1 aromatic rings. The van der Waals surface area contributed by atoms with Crippen molar-refractivity contribution >= 4 is 6.41 Å². The SMILES string of the molecule is O=CN(CF)CCc1ccccc1. The third kappa shape index (κ3) is 3.23. The van der Waals surface area contributed by atoms with Crippen LogP contribution in [0.3, 0.4) is 0 Å². The molecule has 0 aliphatic heterocycles. The molecule has 1 aromatic carbocycles. The first-order valence-electron chi connectivity index (χ1n) is 4.16. The molecular formula is C10H12FNO. The number of rotatable bonds is 5. The molecule has 0 atom stereocenters. The lowest BCUT2D eigenvalue weighted by Gasteiger charge is -2.11. The van der Waals surface area contributed by atoms with Gasteiger partial charge in [-0.15, -0.1) is 0 Å². The summed E-state index contributed by atoms with van der Waals surface area (Å²) in [5, 5.41) is 0. The smallest absolute Gasteiger partial charge is 0.211 e. The van der Waals surface area contributed by atoms with Crippen LogP contribution in [0.25, 0.3) is 0 Å². The van der Waals surface area contributed by atoms with Gasteiger partial charge in [0.2, 0.25) is 6.41 Å². The number of hydrogen-bond acceptors (Lipinski definition) is 1. The van der Waals surface area contributed by atoms with E-state index in [1.807, 2.05) is 30.3 Å². The maximum Gasteiger partial charge on any atom is 0.211 e. The molecule has 0 fully saturated rings. The summed E-state index contributed by atoms with van der Waals surface area (Å²) in [5.74, 6) is 0. The minimum absolute atomic E-state index is 0.435. The second kappa shape index (κ2) is 5.30. The fraction of sp³-hybridized carbons (Fsp3) is 0.300. The largest absolute Gasteiger partial charge is 0.317 e. The second-order valence-electron chi connectivity index (χ2n) is 2.77. The predicted octanol–water partition coefficient (Wildman–Crippen LogP) is 1.61. The molecule has 0 radical (unpaired) electrons. The molecule has 13 heavy (non-hydrogen) atoms. The van der Waals surface area contributed by atoms with Crippen LogP contribution in [0.4, 0.5) is 4.39 Å². The number of carbonyl (C=O) groups excluding carboxylic acids is 1. The van der Waals surface area contributed by atoms with E-state index in [2.05, 4.69) is 0 Å². The van der Waals surface area contributed by atoms with Crippen molar-refractivity contribution in [2.24, 2.45) is 0 Å². The van der Waals surface area contributed by atoms with Crippen LogP contribution in [0.5, 0.6) is 0 Å². The van der Waals surface area contributed by atoms with Gasteiger partial charge in [0.05, 0.1) is 0 Å². The summed E-state index contributed by atoms with van der Waals surface area (Å²) in [7, 11) is 0. The zero-order valence-electron chi connectivity index (χ0n) is 7.32. The van der Waals surface area contributed by atoms with E-state index in [9.17, 15) is 9.18 Å². The minimum Gasteiger partial charge on any atom is -0.317 e. The van der Waals surface area contributed by atoms with Gasteiger partial charge in [-0.2, -0.15) is 0 Å². The third-order valence-corrected chi connectivity index (χ3v) is 1.83. The highest BCUT2D eigenvalue weighted by atomic mass is 19.1. The number of hydrogen-bond donors (Lipinski definition) is 0. The Morgan fingerprint density at radius 2 is 2.00 bits per heavy atom. The van der Waals surface area contributed by atoms with Crippen molar-refractivity contribution in [3.63, 3.8) is 0 Å². The van der Waals surface area contributed by atoms with Gasteiger partial charge in [0.15, 0.2) is 6.80 Å². The first-order valence-corrected chi connectivity index (χ1v) is 4.16. The first kappa shape index (κ1) is 9.71. The van der Waals surface area contributed by atoms with Crippen molar-refractivity contribution in [2.45, 2.75) is 6.42 Å². The molecule has 0 spiro atoms. The number of nitrogens with zero attached hydrogens (tertiary/aromatic N) is 1. The van der Waals surface area contributed by atoms with Crippen LogP contribution >= 0.6 is 0 Å². The third-order valence-electron chi connectivity index (χ3n) is 1.83. The Balaban J connectivity index is 2.38. The number of alkyl halides is 1. The number of carbonyl (C=O) groups is 1. The predicted molar refractivity (Wildman–Crippen MR) is 48.9 cm³/mol. The first-order chi connectivity index (χ1) is 6.36. The number of benzene rings is 1. The molecule has 0 unspecified atom stereocenters. The number of halogens is 1. The lowest BCUT2D eigenvalue weighted by molar-refractivity contribution is -0.119. The molecule has 0 aliphatic rings. The Hall–Kier alpha value is -1.38. The van der Waals surface area contributed by atoms with E-state index in [1.165, 1.54) is 0 Å². The molecule has 0 saturated heterocycles. The lowest BCUT2D eigenvalue weighted by atomic mass is 10.1. The summed E-state index contributed by atoms with van der Waals surface area (Å²) in [4.78, 5) is 11.3. The van der Waals surface area contributed by atoms with Crippen LogP contribution in [0.1, 0.15) is 5.56 Å². The van der Waals surface area contributed by atoms with Gasteiger partial charge < -0.3 is 4.90 Å². The maximum atomic E-state index is 12.1. The fourth-order valence-corrected chi connectivity index (χ4v) is 1.06. The van der Waals surface area contributed by atoms with Crippen molar-refractivity contribution in [2.75, 3.05) is 13.3 Å². The highest BCUT2D eigenvalue weighted by Gasteiger charge is 1.99. The zero-order valence-corrected chi connectivity index (χ0v) is 7.32. The van der Waals surface area contributed by atoms with Crippen LogP contribution in [0, 0.1) is 0 Å². The van der Waals surface area contributed by atoms with Crippen molar-refractivity contribution in [1.82, 2.24) is 4.90 Å². The summed E-state index contributed by atoms with van der Waals surface area (Å²) in [5.41, 5.74) is 1.11. The minimum atomic E-state index is -0.712. The summed E-state index contributed by atoms with van der Waals surface area (Å²) in [6.45, 7) is -0.277. The summed E-state index contributed by atoms with van der Waals surface area (Å²) in [6, 6.07) is 9.70. The molecule has 0 N–H and O–H groups in total. The van der Waals surface area contributed by atoms with E-state index in [0.717, 1.165) is 10.5 Å². The topological polar surface area (TPSA) is 20.3 Å². The van der Waals surface area contributed by atoms with E-state index < -0.39 is 6.80 Å². The van der Waals surface area contributed by atoms with Crippen LogP contribution in [0.15, 0.2) is 30.3 Å². The molecule has 1 amide bonds. The summed E-state index contributed by atoms with van der Waals surface area (Å²) in [6.07, 6.45) is 1.23. The molecule has 0 heterocycles. The van der Waals surface area contributed by atoms with E-state index in [0.29, 0.717) is 19.4 Å². The van der Waals surface area contributed by atoms with E-state index in [1.54, 1.807) is 0 Å². The summed E-state index contributed by atoms with van der Waals surface area (Å²) >= 11 is 0. The van der Waals surface area contributed by atoms with E-state index >= 15 is 0 Å². The highest BCUT2D eigenvalue weighted by Crippen LogP contribution is 2.00. The van der Waals surface area contributed by atoms with Gasteiger partial charge in [-0.05, 0) is 12.0 Å². The van der Waals surface area contributed by atoms with Gasteiger partial charge in [-0.1, -0.05) is 30.3 Å². The Bertz CT molecular complexity index is 250. The standard InChI is InChI=1S/C10H12FNO/c11-8-12(9-13)7-6-10-4-2-1-3-5-10/h1-5,9H,6-8H2. The molecule has 0 aromatic heterocycles. The van der Waals surface area contributed by atoms with Crippen LogP contribution in [-0.2, 0) is 11.2 Å². The van der Waals surface area contributed by atoms with Crippen LogP contribution in [-0.4, -0.2) is 24.7 Å². The van der Waals surface area contributed by atoms with E-state index in [-0.39, 0.29) is 0 Å². The zero-order chi connectivity index (χ0) is 9.52. The lowest BCUT2D eigenvalue weighted by Crippen LogP contribution is -2.23. The van der Waals surface area contributed by atoms with Crippen molar-refractivity contribution < 1.29 is 9.18 Å². The van der Waals surface area contributed by atoms with Gasteiger partial charge in [-0.3, -0.25) is 4.79 Å². The van der Waals surface area contributed by atoms with Gasteiger partial charge in [-0.25, -0.2) is 4.39 Å². The molecule has 70 valence electrons. The Morgan fingerprint density at radius 1 is 1.31 bits per heavy atom. The molecule has 0 saturated carbocycles. The Morgan fingerprint density at radius 3 is 2.54 bits per heavy atom. The van der Waals surface area contributed by atoms with Crippen LogP contribution in [0.2, 0.25) is 0 Å². The molecule has 3 heteroatoms. The maximum absolute atomic E-state index is 12.1. The fourth-order valence-electron chi connectivity index (χ4n) is 1.06. The normalized spacial score (nSPS) is 9.62. The van der Waals surface area contributed by atoms with Gasteiger partial charge in [0.1, 0.15) is 0 Å². The highest BCUT2D eigenvalue weighted by molar-refractivity contribution is 5.46. The Labute approximate surface area is 77.0 Å². The molecule has 1 rings (SSSR count). The van der Waals surface area contributed by atoms with Crippen LogP contribution < -0.4 is 0 Å². The van der Waals surface area contributed by atoms with E-state index in [4.69, 9.17) is 0 Å². The molecule has 2 nitrogen and oxygen atoms in total. The number of amides is 1. The second-order valence-corrected chi connectivity index (χ2v) is 2.77. The van der Waals surface area contributed by atoms with Crippen molar-refractivity contribution in [3.8, 4) is 0 Å². The van der Waals surface area contributed by atoms with Crippen molar-refractivity contribution in [3.05, 3.63) is 35.9 Å². The average Bonchev–Trinajstić information content (AvgIpc) is 2.21. The van der Waals surface area contributed by atoms with Gasteiger partial charge in [0.25, 0.3) is 0 Å². The molecule has 0 bridgehead atoms. The van der Waals surface area contributed by atoms with Gasteiger partial charge >= 0.3 is 0 Å².